The van der Waals surface area contributed by atoms with Crippen LogP contribution in [0.25, 0.3) is 0 Å². The van der Waals surface area contributed by atoms with Gasteiger partial charge in [-0.3, -0.25) is 4.57 Å². The summed E-state index contributed by atoms with van der Waals surface area (Å²) in [7, 11) is -3.94. The van der Waals surface area contributed by atoms with Gasteiger partial charge >= 0.3 is 7.60 Å². The minimum absolute atomic E-state index is 0.136. The molecule has 0 aromatic carbocycles. The summed E-state index contributed by atoms with van der Waals surface area (Å²) in [5.74, 6) is 0. The summed E-state index contributed by atoms with van der Waals surface area (Å²) in [5, 5.41) is 9.08. The molecule has 146 valence electrons. The van der Waals surface area contributed by atoms with Gasteiger partial charge in [0.1, 0.15) is 0 Å². The van der Waals surface area contributed by atoms with Gasteiger partial charge in [-0.2, -0.15) is 0 Å². The Morgan fingerprint density at radius 2 is 1.50 bits per heavy atom. The molecule has 0 heterocycles. The summed E-state index contributed by atoms with van der Waals surface area (Å²) in [5.41, 5.74) is 0. The van der Waals surface area contributed by atoms with E-state index in [9.17, 15) is 4.57 Å². The lowest BCUT2D eigenvalue weighted by molar-refractivity contribution is 0.206. The number of rotatable bonds is 17. The molecule has 0 aliphatic heterocycles. The third-order valence-corrected chi connectivity index (χ3v) is 6.83. The van der Waals surface area contributed by atoms with Gasteiger partial charge in [-0.25, -0.2) is 0 Å². The Labute approximate surface area is 148 Å². The molecular weight excluding hydrogens is 352 g/mol. The molecule has 9 heteroatoms. The van der Waals surface area contributed by atoms with Crippen molar-refractivity contribution in [2.75, 3.05) is 65.0 Å². The molecule has 0 rings (SSSR count). The molecule has 0 unspecified atom stereocenters. The smallest absolute Gasteiger partial charge is 0.331 e. The van der Waals surface area contributed by atoms with Gasteiger partial charge in [-0.15, -0.1) is 0 Å². The van der Waals surface area contributed by atoms with Crippen LogP contribution in [0.5, 0.6) is 0 Å². The average molecular weight is 387 g/mol. The molecule has 0 aromatic heterocycles. The van der Waals surface area contributed by atoms with Crippen LogP contribution in [0.4, 0.5) is 0 Å². The highest BCUT2D eigenvalue weighted by Crippen LogP contribution is 2.47. The molecule has 0 radical (unpaired) electrons. The predicted octanol–water partition coefficient (Wildman–Crippen LogP) is 3.32. The fourth-order valence-electron chi connectivity index (χ4n) is 2.13. The van der Waals surface area contributed by atoms with Crippen LogP contribution in [0, 0.1) is 0 Å². The highest BCUT2D eigenvalue weighted by atomic mass is 31.2. The molecule has 0 bridgehead atoms. The van der Waals surface area contributed by atoms with Crippen molar-refractivity contribution in [2.45, 2.75) is 34.1 Å². The zero-order chi connectivity index (χ0) is 18.3. The Hall–Kier alpha value is 0.420. The van der Waals surface area contributed by atoms with Gasteiger partial charge in [0, 0.05) is 32.4 Å². The molecule has 0 saturated carbocycles. The first-order valence-corrected chi connectivity index (χ1v) is 11.9. The zero-order valence-corrected chi connectivity index (χ0v) is 17.4. The van der Waals surface area contributed by atoms with E-state index in [0.29, 0.717) is 45.6 Å². The molecule has 0 saturated heterocycles. The van der Waals surface area contributed by atoms with Gasteiger partial charge < -0.3 is 28.1 Å². The molecule has 0 aliphatic rings. The summed E-state index contributed by atoms with van der Waals surface area (Å²) < 4.78 is 34.5. The van der Waals surface area contributed by atoms with Gasteiger partial charge in [-0.1, -0.05) is 0 Å². The number of aliphatic hydroxyl groups is 1. The van der Waals surface area contributed by atoms with E-state index >= 15 is 0 Å². The second-order valence-corrected chi connectivity index (χ2v) is 8.80. The van der Waals surface area contributed by atoms with Crippen LogP contribution in [0.3, 0.4) is 0 Å². The van der Waals surface area contributed by atoms with Gasteiger partial charge in [0.2, 0.25) is 0 Å². The number of hydrogen-bond donors (Lipinski definition) is 1. The van der Waals surface area contributed by atoms with E-state index < -0.39 is 16.0 Å². The van der Waals surface area contributed by atoms with Gasteiger partial charge in [0.25, 0.3) is 0 Å². The van der Waals surface area contributed by atoms with E-state index in [-0.39, 0.29) is 6.61 Å². The molecule has 0 amide bonds. The molecule has 24 heavy (non-hydrogen) atoms. The lowest BCUT2D eigenvalue weighted by Gasteiger charge is -2.26. The summed E-state index contributed by atoms with van der Waals surface area (Å²) >= 11 is 0. The van der Waals surface area contributed by atoms with E-state index in [1.54, 1.807) is 0 Å². The lowest BCUT2D eigenvalue weighted by Crippen LogP contribution is -2.31. The molecule has 0 fully saturated rings. The first-order valence-electron chi connectivity index (χ1n) is 8.79. The highest BCUT2D eigenvalue weighted by Gasteiger charge is 2.24. The fraction of sp³-hybridized carbons (Fsp3) is 1.00. The standard InChI is InChI=1S/C15H35NO6P2/c1-5-19-23(20-6-2)14-11-16(10-9-13-17)12-15-24(18,21-7-3)22-8-4/h17H,5-15H2,1-4H3. The van der Waals surface area contributed by atoms with Crippen LogP contribution in [-0.2, 0) is 22.7 Å². The third-order valence-electron chi connectivity index (χ3n) is 3.12. The Morgan fingerprint density at radius 3 is 1.96 bits per heavy atom. The largest absolute Gasteiger partial charge is 0.396 e. The quantitative estimate of drug-likeness (QED) is 0.384. The van der Waals surface area contributed by atoms with E-state index in [2.05, 4.69) is 4.90 Å². The average Bonchev–Trinajstić information content (AvgIpc) is 2.55. The Morgan fingerprint density at radius 1 is 0.917 bits per heavy atom. The Balaban J connectivity index is 4.54. The first-order chi connectivity index (χ1) is 11.5. The van der Waals surface area contributed by atoms with Crippen LogP contribution in [-0.4, -0.2) is 75.0 Å². The maximum absolute atomic E-state index is 12.6. The molecule has 0 aliphatic carbocycles. The van der Waals surface area contributed by atoms with Crippen molar-refractivity contribution in [3.63, 3.8) is 0 Å². The summed E-state index contributed by atoms with van der Waals surface area (Å²) in [6.07, 6.45) is 1.81. The lowest BCUT2D eigenvalue weighted by atomic mass is 10.4. The maximum Gasteiger partial charge on any atom is 0.331 e. The van der Waals surface area contributed by atoms with E-state index in [1.807, 2.05) is 27.7 Å². The van der Waals surface area contributed by atoms with Gasteiger partial charge in [0.05, 0.1) is 32.6 Å². The van der Waals surface area contributed by atoms with Crippen LogP contribution >= 0.6 is 16.0 Å². The fourth-order valence-corrected chi connectivity index (χ4v) is 5.13. The van der Waals surface area contributed by atoms with Crippen molar-refractivity contribution in [1.29, 1.82) is 0 Å². The van der Waals surface area contributed by atoms with Crippen molar-refractivity contribution in [1.82, 2.24) is 4.90 Å². The van der Waals surface area contributed by atoms with Gasteiger partial charge in [-0.05, 0) is 34.1 Å². The number of nitrogens with zero attached hydrogens (tertiary/aromatic N) is 1. The third kappa shape index (κ3) is 11.9. The van der Waals surface area contributed by atoms with Crippen LogP contribution in [0.1, 0.15) is 34.1 Å². The monoisotopic (exact) mass is 387 g/mol. The second-order valence-electron chi connectivity index (χ2n) is 4.98. The second kappa shape index (κ2) is 15.7. The molecular formula is C15H35NO6P2. The van der Waals surface area contributed by atoms with E-state index in [1.165, 1.54) is 0 Å². The molecule has 0 atom stereocenters. The first kappa shape index (κ1) is 24.4. The van der Waals surface area contributed by atoms with Gasteiger partial charge in [0.15, 0.2) is 8.38 Å². The van der Waals surface area contributed by atoms with E-state index in [0.717, 1.165) is 19.3 Å². The topological polar surface area (TPSA) is 77.5 Å². The number of hydrogen-bond acceptors (Lipinski definition) is 7. The molecule has 0 spiro atoms. The maximum atomic E-state index is 12.6. The molecule has 7 nitrogen and oxygen atoms in total. The normalized spacial score (nSPS) is 12.5. The van der Waals surface area contributed by atoms with Crippen LogP contribution < -0.4 is 0 Å². The van der Waals surface area contributed by atoms with E-state index in [4.69, 9.17) is 23.2 Å². The molecule has 1 N–H and O–H groups in total. The summed E-state index contributed by atoms with van der Waals surface area (Å²) in [6, 6.07) is 0. The summed E-state index contributed by atoms with van der Waals surface area (Å²) in [6.45, 7) is 11.8. The van der Waals surface area contributed by atoms with Crippen molar-refractivity contribution in [3.05, 3.63) is 0 Å². The predicted molar refractivity (Wildman–Crippen MR) is 98.9 cm³/mol. The minimum atomic E-state index is -3.04. The van der Waals surface area contributed by atoms with Crippen molar-refractivity contribution in [3.8, 4) is 0 Å². The highest BCUT2D eigenvalue weighted by molar-refractivity contribution is 7.53. The van der Waals surface area contributed by atoms with Crippen molar-refractivity contribution >= 4 is 16.0 Å². The summed E-state index contributed by atoms with van der Waals surface area (Å²) in [4.78, 5) is 2.16. The zero-order valence-electron chi connectivity index (χ0n) is 15.6. The van der Waals surface area contributed by atoms with Crippen LogP contribution in [0.2, 0.25) is 0 Å². The van der Waals surface area contributed by atoms with Crippen molar-refractivity contribution < 1.29 is 27.8 Å². The SMILES string of the molecule is CCOP(CCN(CCCO)CCP(=O)(OCC)OCC)OCC. The van der Waals surface area contributed by atoms with Crippen molar-refractivity contribution in [2.24, 2.45) is 0 Å². The van der Waals surface area contributed by atoms with Crippen LogP contribution in [0.15, 0.2) is 0 Å². The Kier molecular flexibility index (Phi) is 15.9. The molecule has 0 aromatic rings. The Bertz CT molecular complexity index is 319. The number of aliphatic hydroxyl groups excluding tert-OH is 1. The minimum Gasteiger partial charge on any atom is -0.396 e.